The highest BCUT2D eigenvalue weighted by atomic mass is 16.3. The fourth-order valence-corrected chi connectivity index (χ4v) is 4.60. The maximum Gasteiger partial charge on any atom is 0.253 e. The molecule has 2 heterocycles. The molecule has 6 nitrogen and oxygen atoms in total. The highest BCUT2D eigenvalue weighted by Crippen LogP contribution is 2.26. The molecule has 34 heavy (non-hydrogen) atoms. The molecule has 0 bridgehead atoms. The lowest BCUT2D eigenvalue weighted by Gasteiger charge is -2.21. The summed E-state index contributed by atoms with van der Waals surface area (Å²) < 4.78 is 0. The molecule has 1 fully saturated rings. The second kappa shape index (κ2) is 10.9. The van der Waals surface area contributed by atoms with Crippen molar-refractivity contribution in [1.29, 1.82) is 0 Å². The van der Waals surface area contributed by atoms with Crippen molar-refractivity contribution < 1.29 is 15.0 Å². The Labute approximate surface area is 201 Å². The first-order valence-corrected chi connectivity index (χ1v) is 11.9. The number of aromatic nitrogens is 1. The van der Waals surface area contributed by atoms with Gasteiger partial charge in [0.1, 0.15) is 0 Å². The van der Waals surface area contributed by atoms with Crippen LogP contribution in [-0.4, -0.2) is 45.1 Å². The van der Waals surface area contributed by atoms with Gasteiger partial charge in [0.2, 0.25) is 0 Å². The largest absolute Gasteiger partial charge is 0.389 e. The fraction of sp³-hybridized carbons (Fsp3) is 0.357. The van der Waals surface area contributed by atoms with Gasteiger partial charge < -0.3 is 20.4 Å². The van der Waals surface area contributed by atoms with Gasteiger partial charge in [0.25, 0.3) is 5.91 Å². The number of aliphatic hydroxyl groups is 2. The lowest BCUT2D eigenvalue weighted by molar-refractivity contribution is 0.0785. The molecule has 1 saturated heterocycles. The number of hydrogen-bond donors (Lipinski definition) is 3. The number of pyridine rings is 1. The molecule has 178 valence electrons. The Kier molecular flexibility index (Phi) is 7.73. The van der Waals surface area contributed by atoms with Crippen LogP contribution in [0.2, 0.25) is 0 Å². The Morgan fingerprint density at radius 2 is 1.76 bits per heavy atom. The molecule has 3 aromatic rings. The van der Waals surface area contributed by atoms with Crippen LogP contribution in [0.5, 0.6) is 0 Å². The summed E-state index contributed by atoms with van der Waals surface area (Å²) in [4.78, 5) is 18.7. The summed E-state index contributed by atoms with van der Waals surface area (Å²) in [5.41, 5.74) is 4.37. The van der Waals surface area contributed by atoms with E-state index in [1.807, 2.05) is 60.7 Å². The van der Waals surface area contributed by atoms with Crippen LogP contribution in [0.3, 0.4) is 0 Å². The normalized spacial score (nSPS) is 19.5. The van der Waals surface area contributed by atoms with E-state index in [9.17, 15) is 15.0 Å². The Bertz CT molecular complexity index is 1090. The third-order valence-corrected chi connectivity index (χ3v) is 6.55. The number of carbonyl (C=O) groups excluding carboxylic acids is 1. The van der Waals surface area contributed by atoms with E-state index in [2.05, 4.69) is 10.3 Å². The third-order valence-electron chi connectivity index (χ3n) is 6.55. The van der Waals surface area contributed by atoms with E-state index in [1.165, 1.54) is 5.56 Å². The minimum atomic E-state index is -0.591. The van der Waals surface area contributed by atoms with Crippen LogP contribution in [0.15, 0.2) is 73.1 Å². The standard InChI is InChI=1S/C28H33N3O3/c1-19(32)24-14-21(16-29-17-24)18-31(2)28(34)23-10-8-20(9-11-23)15-25-12-13-26(30-25)27(33)22-6-4-3-5-7-22/h3-11,14,16-17,19,25-27,30,32-33H,12-13,15,18H2,1-2H3/t19?,25-,26+,27+/m0/s1. The van der Waals surface area contributed by atoms with Crippen LogP contribution in [0.1, 0.15) is 64.6 Å². The number of benzene rings is 2. The topological polar surface area (TPSA) is 85.7 Å². The number of hydrogen-bond acceptors (Lipinski definition) is 5. The fourth-order valence-electron chi connectivity index (χ4n) is 4.60. The first-order valence-electron chi connectivity index (χ1n) is 11.9. The second-order valence-corrected chi connectivity index (χ2v) is 9.27. The molecular weight excluding hydrogens is 426 g/mol. The molecule has 4 rings (SSSR count). The zero-order chi connectivity index (χ0) is 24.1. The molecule has 1 aliphatic rings. The van der Waals surface area contributed by atoms with Crippen LogP contribution >= 0.6 is 0 Å². The number of aliphatic hydroxyl groups excluding tert-OH is 2. The summed E-state index contributed by atoms with van der Waals surface area (Å²) >= 11 is 0. The van der Waals surface area contributed by atoms with Crippen LogP contribution in [-0.2, 0) is 13.0 Å². The number of nitrogens with zero attached hydrogens (tertiary/aromatic N) is 2. The van der Waals surface area contributed by atoms with E-state index < -0.39 is 12.2 Å². The zero-order valence-corrected chi connectivity index (χ0v) is 19.8. The monoisotopic (exact) mass is 459 g/mol. The number of nitrogens with one attached hydrogen (secondary N) is 1. The first kappa shape index (κ1) is 24.1. The van der Waals surface area contributed by atoms with E-state index in [-0.39, 0.29) is 11.9 Å². The quantitative estimate of drug-likeness (QED) is 0.477. The van der Waals surface area contributed by atoms with Crippen molar-refractivity contribution in [1.82, 2.24) is 15.2 Å². The van der Waals surface area contributed by atoms with Crippen molar-refractivity contribution in [2.75, 3.05) is 7.05 Å². The van der Waals surface area contributed by atoms with Crippen molar-refractivity contribution in [3.05, 3.63) is 101 Å². The summed E-state index contributed by atoms with van der Waals surface area (Å²) in [6, 6.07) is 19.8. The van der Waals surface area contributed by atoms with E-state index in [0.29, 0.717) is 18.2 Å². The van der Waals surface area contributed by atoms with Crippen molar-refractivity contribution >= 4 is 5.91 Å². The van der Waals surface area contributed by atoms with Crippen molar-refractivity contribution in [2.24, 2.45) is 0 Å². The molecule has 1 aliphatic heterocycles. The summed E-state index contributed by atoms with van der Waals surface area (Å²) in [6.07, 6.45) is 5.07. The lowest BCUT2D eigenvalue weighted by atomic mass is 10.0. The molecule has 2 aromatic carbocycles. The maximum atomic E-state index is 12.9. The smallest absolute Gasteiger partial charge is 0.253 e. The van der Waals surface area contributed by atoms with E-state index >= 15 is 0 Å². The van der Waals surface area contributed by atoms with Gasteiger partial charge in [-0.05, 0) is 66.6 Å². The minimum absolute atomic E-state index is 0.0564. The van der Waals surface area contributed by atoms with Crippen molar-refractivity contribution in [2.45, 2.75) is 57.0 Å². The molecule has 3 N–H and O–H groups in total. The highest BCUT2D eigenvalue weighted by molar-refractivity contribution is 5.94. The Morgan fingerprint density at radius 1 is 1.03 bits per heavy atom. The molecule has 0 saturated carbocycles. The summed E-state index contributed by atoms with van der Waals surface area (Å²) in [5.74, 6) is -0.0564. The third kappa shape index (κ3) is 5.89. The maximum absolute atomic E-state index is 12.9. The molecule has 1 unspecified atom stereocenters. The highest BCUT2D eigenvalue weighted by Gasteiger charge is 2.29. The number of carbonyl (C=O) groups is 1. The molecular formula is C28H33N3O3. The average molecular weight is 460 g/mol. The molecule has 4 atom stereocenters. The van der Waals surface area contributed by atoms with Gasteiger partial charge in [0.05, 0.1) is 12.2 Å². The summed E-state index contributed by atoms with van der Waals surface area (Å²) in [6.45, 7) is 2.12. The van der Waals surface area contributed by atoms with E-state index in [1.54, 1.807) is 31.3 Å². The van der Waals surface area contributed by atoms with Crippen LogP contribution < -0.4 is 5.32 Å². The van der Waals surface area contributed by atoms with Crippen molar-refractivity contribution in [3.63, 3.8) is 0 Å². The first-order chi connectivity index (χ1) is 16.4. The van der Waals surface area contributed by atoms with Gasteiger partial charge in [-0.3, -0.25) is 9.78 Å². The average Bonchev–Trinajstić information content (AvgIpc) is 3.32. The molecule has 6 heteroatoms. The van der Waals surface area contributed by atoms with E-state index in [4.69, 9.17) is 0 Å². The number of rotatable bonds is 8. The SMILES string of the molecule is CC(O)c1cncc(CN(C)C(=O)c2ccc(C[C@@H]3CC[C@H]([C@H](O)c4ccccc4)N3)cc2)c1. The van der Waals surface area contributed by atoms with Crippen LogP contribution in [0.4, 0.5) is 0 Å². The Balaban J connectivity index is 1.31. The predicted octanol–water partition coefficient (Wildman–Crippen LogP) is 3.80. The Morgan fingerprint density at radius 3 is 2.47 bits per heavy atom. The van der Waals surface area contributed by atoms with Gasteiger partial charge in [0, 0.05) is 43.6 Å². The Hall–Kier alpha value is -3.06. The van der Waals surface area contributed by atoms with Gasteiger partial charge in [-0.2, -0.15) is 0 Å². The molecule has 0 aliphatic carbocycles. The van der Waals surface area contributed by atoms with Gasteiger partial charge in [-0.1, -0.05) is 42.5 Å². The molecule has 0 spiro atoms. The van der Waals surface area contributed by atoms with Crippen LogP contribution in [0, 0.1) is 0 Å². The summed E-state index contributed by atoms with van der Waals surface area (Å²) in [5, 5.41) is 24.0. The van der Waals surface area contributed by atoms with Gasteiger partial charge >= 0.3 is 0 Å². The lowest BCUT2D eigenvalue weighted by Crippen LogP contribution is -2.35. The molecule has 1 amide bonds. The summed E-state index contributed by atoms with van der Waals surface area (Å²) in [7, 11) is 1.77. The minimum Gasteiger partial charge on any atom is -0.389 e. The van der Waals surface area contributed by atoms with Gasteiger partial charge in [0.15, 0.2) is 0 Å². The second-order valence-electron chi connectivity index (χ2n) is 9.27. The van der Waals surface area contributed by atoms with Crippen molar-refractivity contribution in [3.8, 4) is 0 Å². The predicted molar refractivity (Wildman–Crippen MR) is 132 cm³/mol. The van der Waals surface area contributed by atoms with Gasteiger partial charge in [-0.25, -0.2) is 0 Å². The zero-order valence-electron chi connectivity index (χ0n) is 19.8. The van der Waals surface area contributed by atoms with Crippen LogP contribution in [0.25, 0.3) is 0 Å². The molecule has 1 aromatic heterocycles. The van der Waals surface area contributed by atoms with Gasteiger partial charge in [-0.15, -0.1) is 0 Å². The number of amides is 1. The van der Waals surface area contributed by atoms with E-state index in [0.717, 1.165) is 36.0 Å². The molecule has 0 radical (unpaired) electrons.